The third-order valence-corrected chi connectivity index (χ3v) is 10.6. The Bertz CT molecular complexity index is 2000. The van der Waals surface area contributed by atoms with Crippen LogP contribution in [0, 0.1) is 20.8 Å². The maximum absolute atomic E-state index is 13.9. The highest BCUT2D eigenvalue weighted by Crippen LogP contribution is 2.28. The van der Waals surface area contributed by atoms with Gasteiger partial charge < -0.3 is 14.5 Å². The number of sulfonamides is 1. The molecule has 0 N–H and O–H groups in total. The van der Waals surface area contributed by atoms with E-state index in [4.69, 9.17) is 16.3 Å². The number of nitrogens with zero attached hydrogens (tertiary/aromatic N) is 5. The number of carbonyl (C=O) groups excluding carboxylic acids is 2. The second-order valence-electron chi connectivity index (χ2n) is 11.7. The molecule has 1 aliphatic rings. The molecule has 47 heavy (non-hydrogen) atoms. The van der Waals surface area contributed by atoms with Crippen molar-refractivity contribution in [2.24, 2.45) is 7.05 Å². The van der Waals surface area contributed by atoms with Crippen LogP contribution in [0.1, 0.15) is 34.1 Å². The van der Waals surface area contributed by atoms with Gasteiger partial charge >= 0.3 is 0 Å². The van der Waals surface area contributed by atoms with Crippen LogP contribution in [0.15, 0.2) is 76.4 Å². The van der Waals surface area contributed by atoms with Gasteiger partial charge in [0.25, 0.3) is 27.4 Å². The quantitative estimate of drug-likeness (QED) is 0.274. The van der Waals surface area contributed by atoms with Gasteiger partial charge in [-0.2, -0.15) is 0 Å². The number of hydrogen-bond acceptors (Lipinski definition) is 6. The number of aryl methyl sites for hydroxylation is 2. The normalized spacial score (nSPS) is 14.2. The Kier molecular flexibility index (Phi) is 9.55. The van der Waals surface area contributed by atoms with E-state index in [2.05, 4.69) is 0 Å². The number of anilines is 1. The van der Waals surface area contributed by atoms with Crippen molar-refractivity contribution in [2.75, 3.05) is 37.5 Å². The first-order chi connectivity index (χ1) is 22.2. The maximum atomic E-state index is 13.9. The van der Waals surface area contributed by atoms with Gasteiger partial charge in [0.1, 0.15) is 11.4 Å². The SMILES string of the molecule is Cc1ccc(C)c(OC(C)C(=O)N2CCN(C(=O)c3cc(S(=O)(=O)N(C)c4c(C)n(C)n(-c5ccccc5)c4=O)ccc3Cl)CC2)c1. The number of para-hydroxylation sites is 1. The molecule has 1 unspecified atom stereocenters. The van der Waals surface area contributed by atoms with Gasteiger partial charge in [-0.25, -0.2) is 13.1 Å². The van der Waals surface area contributed by atoms with Crippen molar-refractivity contribution in [1.29, 1.82) is 0 Å². The number of piperazine rings is 1. The van der Waals surface area contributed by atoms with Crippen LogP contribution < -0.4 is 14.6 Å². The number of amides is 2. The number of hydrogen-bond donors (Lipinski definition) is 0. The van der Waals surface area contributed by atoms with Crippen LogP contribution in [0.2, 0.25) is 5.02 Å². The minimum absolute atomic E-state index is 0.0130. The minimum atomic E-state index is -4.28. The standard InChI is InChI=1S/C34H38ClN5O6S/c1-22-12-13-23(2)30(20-22)46-25(4)32(41)38-16-18-39(19-17-38)33(42)28-21-27(14-15-29(28)35)47(44,45)37(6)31-24(3)36(5)40(34(31)43)26-10-8-7-9-11-26/h7-15,20-21,25H,16-19H2,1-6H3. The third kappa shape index (κ3) is 6.52. The van der Waals surface area contributed by atoms with Crippen molar-refractivity contribution in [3.05, 3.63) is 104 Å². The van der Waals surface area contributed by atoms with Crippen molar-refractivity contribution >= 4 is 39.1 Å². The fourth-order valence-corrected chi connectivity index (χ4v) is 7.13. The predicted octanol–water partition coefficient (Wildman–Crippen LogP) is 4.33. The Labute approximate surface area is 279 Å². The lowest BCUT2D eigenvalue weighted by atomic mass is 10.1. The molecule has 0 saturated carbocycles. The topological polar surface area (TPSA) is 114 Å². The Hall–Kier alpha value is -4.55. The Balaban J connectivity index is 1.31. The smallest absolute Gasteiger partial charge is 0.296 e. The summed E-state index contributed by atoms with van der Waals surface area (Å²) in [5.41, 5.74) is 2.48. The first-order valence-electron chi connectivity index (χ1n) is 15.2. The molecule has 0 spiro atoms. The monoisotopic (exact) mass is 679 g/mol. The molecule has 0 radical (unpaired) electrons. The second-order valence-corrected chi connectivity index (χ2v) is 14.0. The average Bonchev–Trinajstić information content (AvgIpc) is 3.28. The van der Waals surface area contributed by atoms with E-state index in [0.717, 1.165) is 15.4 Å². The van der Waals surface area contributed by atoms with Gasteiger partial charge in [-0.1, -0.05) is 41.9 Å². The molecule has 13 heteroatoms. The van der Waals surface area contributed by atoms with Crippen LogP contribution in [-0.2, 0) is 21.9 Å². The summed E-state index contributed by atoms with van der Waals surface area (Å²) in [5.74, 6) is 0.0117. The molecule has 1 saturated heterocycles. The molecule has 2 heterocycles. The van der Waals surface area contributed by atoms with Crippen molar-refractivity contribution in [3.8, 4) is 11.4 Å². The van der Waals surface area contributed by atoms with Crippen LogP contribution in [0.5, 0.6) is 5.75 Å². The molecule has 0 bridgehead atoms. The van der Waals surface area contributed by atoms with Crippen molar-refractivity contribution in [1.82, 2.24) is 19.2 Å². The molecule has 11 nitrogen and oxygen atoms in total. The largest absolute Gasteiger partial charge is 0.481 e. The van der Waals surface area contributed by atoms with Gasteiger partial charge in [0.15, 0.2) is 6.10 Å². The summed E-state index contributed by atoms with van der Waals surface area (Å²) in [7, 11) is -1.29. The average molecular weight is 680 g/mol. The second kappa shape index (κ2) is 13.3. The molecular weight excluding hydrogens is 642 g/mol. The van der Waals surface area contributed by atoms with Gasteiger partial charge in [-0.3, -0.25) is 23.4 Å². The number of benzene rings is 3. The molecule has 3 aromatic carbocycles. The number of ether oxygens (including phenoxy) is 1. The van der Waals surface area contributed by atoms with Crippen molar-refractivity contribution < 1.29 is 22.7 Å². The Morgan fingerprint density at radius 1 is 0.915 bits per heavy atom. The van der Waals surface area contributed by atoms with E-state index in [1.54, 1.807) is 59.6 Å². The van der Waals surface area contributed by atoms with E-state index in [1.807, 2.05) is 38.1 Å². The molecule has 4 aromatic rings. The predicted molar refractivity (Wildman–Crippen MR) is 181 cm³/mol. The fourth-order valence-electron chi connectivity index (χ4n) is 5.66. The van der Waals surface area contributed by atoms with Crippen molar-refractivity contribution in [2.45, 2.75) is 38.7 Å². The van der Waals surface area contributed by atoms with Crippen LogP contribution in [-0.4, -0.2) is 78.7 Å². The maximum Gasteiger partial charge on any atom is 0.296 e. The highest BCUT2D eigenvalue weighted by Gasteiger charge is 2.32. The summed E-state index contributed by atoms with van der Waals surface area (Å²) >= 11 is 6.43. The lowest BCUT2D eigenvalue weighted by Gasteiger charge is -2.36. The molecule has 5 rings (SSSR count). The summed E-state index contributed by atoms with van der Waals surface area (Å²) in [4.78, 5) is 43.3. The fraction of sp³-hybridized carbons (Fsp3) is 0.324. The lowest BCUT2D eigenvalue weighted by molar-refractivity contribution is -0.139. The van der Waals surface area contributed by atoms with E-state index in [9.17, 15) is 22.8 Å². The van der Waals surface area contributed by atoms with E-state index < -0.39 is 27.6 Å². The summed E-state index contributed by atoms with van der Waals surface area (Å²) in [6.45, 7) is 8.28. The molecule has 1 atom stereocenters. The molecule has 1 fully saturated rings. The number of aromatic nitrogens is 2. The first-order valence-corrected chi connectivity index (χ1v) is 17.0. The number of halogens is 1. The molecule has 0 aliphatic carbocycles. The highest BCUT2D eigenvalue weighted by atomic mass is 35.5. The summed E-state index contributed by atoms with van der Waals surface area (Å²) in [6, 6.07) is 18.6. The van der Waals surface area contributed by atoms with Crippen LogP contribution in [0.4, 0.5) is 5.69 Å². The van der Waals surface area contributed by atoms with E-state index in [-0.39, 0.29) is 53.3 Å². The Morgan fingerprint density at radius 3 is 2.21 bits per heavy atom. The molecule has 1 aromatic heterocycles. The first kappa shape index (κ1) is 33.8. The molecule has 248 valence electrons. The Morgan fingerprint density at radius 2 is 1.55 bits per heavy atom. The molecule has 1 aliphatic heterocycles. The van der Waals surface area contributed by atoms with Crippen LogP contribution in [0.25, 0.3) is 5.69 Å². The van der Waals surface area contributed by atoms with Crippen LogP contribution >= 0.6 is 11.6 Å². The van der Waals surface area contributed by atoms with Gasteiger partial charge in [0.05, 0.1) is 26.9 Å². The third-order valence-electron chi connectivity index (χ3n) is 8.54. The zero-order valence-corrected chi connectivity index (χ0v) is 28.8. The van der Waals surface area contributed by atoms with Gasteiger partial charge in [-0.15, -0.1) is 0 Å². The highest BCUT2D eigenvalue weighted by molar-refractivity contribution is 7.92. The summed E-state index contributed by atoms with van der Waals surface area (Å²) < 4.78 is 37.6. The molecule has 2 amide bonds. The van der Waals surface area contributed by atoms with Gasteiger partial charge in [0.2, 0.25) is 0 Å². The minimum Gasteiger partial charge on any atom is -0.481 e. The summed E-state index contributed by atoms with van der Waals surface area (Å²) in [6.07, 6.45) is -0.712. The van der Waals surface area contributed by atoms with E-state index in [0.29, 0.717) is 17.1 Å². The van der Waals surface area contributed by atoms with E-state index >= 15 is 0 Å². The van der Waals surface area contributed by atoms with Crippen molar-refractivity contribution in [3.63, 3.8) is 0 Å². The van der Waals surface area contributed by atoms with Gasteiger partial charge in [-0.05, 0) is 75.2 Å². The van der Waals surface area contributed by atoms with Gasteiger partial charge in [0, 0.05) is 40.3 Å². The van der Waals surface area contributed by atoms with Crippen LogP contribution in [0.3, 0.4) is 0 Å². The van der Waals surface area contributed by atoms with E-state index in [1.165, 1.54) is 29.9 Å². The zero-order valence-electron chi connectivity index (χ0n) is 27.2. The number of rotatable bonds is 8. The lowest BCUT2D eigenvalue weighted by Crippen LogP contribution is -2.53. The summed E-state index contributed by atoms with van der Waals surface area (Å²) in [5, 5.41) is 0.0907. The zero-order chi connectivity index (χ0) is 34.2. The number of carbonyl (C=O) groups is 2. The molecular formula is C34H38ClN5O6S.